The van der Waals surface area contributed by atoms with E-state index < -0.39 is 5.97 Å². The largest absolute Gasteiger partial charge is 0.478 e. The highest BCUT2D eigenvalue weighted by molar-refractivity contribution is 5.85. The fourth-order valence-electron chi connectivity index (χ4n) is 3.19. The topological polar surface area (TPSA) is 37.3 Å². The van der Waals surface area contributed by atoms with Gasteiger partial charge >= 0.3 is 5.97 Å². The van der Waals surface area contributed by atoms with Crippen LogP contribution in [-0.4, -0.2) is 11.1 Å². The summed E-state index contributed by atoms with van der Waals surface area (Å²) in [5, 5.41) is 8.68. The molecule has 0 unspecified atom stereocenters. The molecule has 1 aromatic carbocycles. The van der Waals surface area contributed by atoms with Crippen LogP contribution in [0, 0.1) is 0 Å². The number of carboxylic acid groups (broad SMARTS) is 1. The SMILES string of the molecule is CCCCCCCCCCCCCCc1cccc(C=CC(=O)O)c1. The molecule has 0 saturated heterocycles. The van der Waals surface area contributed by atoms with Crippen molar-refractivity contribution in [3.8, 4) is 0 Å². The number of aliphatic carboxylic acids is 1. The van der Waals surface area contributed by atoms with Crippen LogP contribution in [0.25, 0.3) is 6.08 Å². The minimum atomic E-state index is -0.897. The summed E-state index contributed by atoms with van der Waals surface area (Å²) in [6.07, 6.45) is 20.4. The second-order valence-electron chi connectivity index (χ2n) is 7.06. The standard InChI is InChI=1S/C23H36O2/c1-2-3-4-5-6-7-8-9-10-11-12-13-15-21-16-14-17-22(20-21)18-19-23(24)25/h14,16-20H,2-13,15H2,1H3,(H,24,25). The predicted molar refractivity (Wildman–Crippen MR) is 108 cm³/mol. The molecule has 1 rings (SSSR count). The number of hydrogen-bond acceptors (Lipinski definition) is 1. The van der Waals surface area contributed by atoms with Gasteiger partial charge in [0.2, 0.25) is 0 Å². The van der Waals surface area contributed by atoms with Gasteiger partial charge in [-0.25, -0.2) is 4.79 Å². The van der Waals surface area contributed by atoms with Crippen LogP contribution in [0.15, 0.2) is 30.3 Å². The summed E-state index contributed by atoms with van der Waals surface area (Å²) >= 11 is 0. The maximum Gasteiger partial charge on any atom is 0.328 e. The molecule has 0 saturated carbocycles. The molecule has 2 heteroatoms. The summed E-state index contributed by atoms with van der Waals surface area (Å²) in [7, 11) is 0. The van der Waals surface area contributed by atoms with Gasteiger partial charge in [-0.1, -0.05) is 102 Å². The summed E-state index contributed by atoms with van der Waals surface area (Å²) < 4.78 is 0. The van der Waals surface area contributed by atoms with E-state index in [0.717, 1.165) is 12.0 Å². The first-order chi connectivity index (χ1) is 12.2. The quantitative estimate of drug-likeness (QED) is 0.274. The normalized spacial score (nSPS) is 11.2. The second-order valence-corrected chi connectivity index (χ2v) is 7.06. The number of hydrogen-bond donors (Lipinski definition) is 1. The van der Waals surface area contributed by atoms with E-state index in [9.17, 15) is 4.79 Å². The third-order valence-electron chi connectivity index (χ3n) is 4.69. The molecule has 25 heavy (non-hydrogen) atoms. The molecule has 0 amide bonds. The maximum absolute atomic E-state index is 10.6. The van der Waals surface area contributed by atoms with Crippen LogP contribution in [0.4, 0.5) is 0 Å². The molecule has 0 aromatic heterocycles. The van der Waals surface area contributed by atoms with Crippen LogP contribution in [0.2, 0.25) is 0 Å². The number of aryl methyl sites for hydroxylation is 1. The molecule has 1 aromatic rings. The van der Waals surface area contributed by atoms with Gasteiger partial charge in [0.1, 0.15) is 0 Å². The van der Waals surface area contributed by atoms with E-state index in [1.807, 2.05) is 12.1 Å². The van der Waals surface area contributed by atoms with Crippen molar-refractivity contribution in [2.24, 2.45) is 0 Å². The summed E-state index contributed by atoms with van der Waals surface area (Å²) in [5.74, 6) is -0.897. The van der Waals surface area contributed by atoms with Gasteiger partial charge in [0.05, 0.1) is 0 Å². The van der Waals surface area contributed by atoms with E-state index in [-0.39, 0.29) is 0 Å². The van der Waals surface area contributed by atoms with Gasteiger partial charge in [0.15, 0.2) is 0 Å². The molecular formula is C23H36O2. The molecule has 0 fully saturated rings. The lowest BCUT2D eigenvalue weighted by molar-refractivity contribution is -0.131. The predicted octanol–water partition coefficient (Wildman–Crippen LogP) is 7.03. The fourth-order valence-corrected chi connectivity index (χ4v) is 3.19. The number of carboxylic acids is 1. The number of carbonyl (C=O) groups is 1. The average molecular weight is 345 g/mol. The molecule has 0 atom stereocenters. The lowest BCUT2D eigenvalue weighted by atomic mass is 10.0. The van der Waals surface area contributed by atoms with Gasteiger partial charge in [-0.3, -0.25) is 0 Å². The minimum absolute atomic E-state index is 0.897. The van der Waals surface area contributed by atoms with E-state index in [1.165, 1.54) is 88.7 Å². The Balaban J connectivity index is 2.01. The lowest BCUT2D eigenvalue weighted by Crippen LogP contribution is -1.89. The fraction of sp³-hybridized carbons (Fsp3) is 0.609. The molecule has 140 valence electrons. The van der Waals surface area contributed by atoms with Crippen LogP contribution in [-0.2, 0) is 11.2 Å². The summed E-state index contributed by atoms with van der Waals surface area (Å²) in [5.41, 5.74) is 2.28. The summed E-state index contributed by atoms with van der Waals surface area (Å²) in [6.45, 7) is 2.27. The monoisotopic (exact) mass is 344 g/mol. The Morgan fingerprint density at radius 2 is 1.44 bits per heavy atom. The molecule has 0 aliphatic heterocycles. The maximum atomic E-state index is 10.6. The first-order valence-corrected chi connectivity index (χ1v) is 10.2. The summed E-state index contributed by atoms with van der Waals surface area (Å²) in [6, 6.07) is 8.19. The number of benzene rings is 1. The molecule has 0 aliphatic rings. The molecule has 0 spiro atoms. The molecule has 1 N–H and O–H groups in total. The van der Waals surface area contributed by atoms with Gasteiger partial charge in [0, 0.05) is 6.08 Å². The third-order valence-corrected chi connectivity index (χ3v) is 4.69. The smallest absolute Gasteiger partial charge is 0.328 e. The Bertz CT molecular complexity index is 491. The Morgan fingerprint density at radius 1 is 0.880 bits per heavy atom. The van der Waals surface area contributed by atoms with Gasteiger partial charge in [-0.05, 0) is 30.0 Å². The first-order valence-electron chi connectivity index (χ1n) is 10.2. The highest BCUT2D eigenvalue weighted by atomic mass is 16.4. The molecule has 0 radical (unpaired) electrons. The Kier molecular flexibility index (Phi) is 12.7. The number of rotatable bonds is 15. The zero-order valence-electron chi connectivity index (χ0n) is 16.0. The van der Waals surface area contributed by atoms with Crippen molar-refractivity contribution >= 4 is 12.0 Å². The Hall–Kier alpha value is -1.57. The molecular weight excluding hydrogens is 308 g/mol. The van der Waals surface area contributed by atoms with Crippen LogP contribution in [0.3, 0.4) is 0 Å². The van der Waals surface area contributed by atoms with E-state index in [2.05, 4.69) is 19.1 Å². The van der Waals surface area contributed by atoms with Crippen LogP contribution >= 0.6 is 0 Å². The van der Waals surface area contributed by atoms with Gasteiger partial charge < -0.3 is 5.11 Å². The summed E-state index contributed by atoms with van der Waals surface area (Å²) in [4.78, 5) is 10.6. The van der Waals surface area contributed by atoms with Crippen molar-refractivity contribution in [1.29, 1.82) is 0 Å². The van der Waals surface area contributed by atoms with E-state index in [4.69, 9.17) is 5.11 Å². The van der Waals surface area contributed by atoms with Gasteiger partial charge in [-0.15, -0.1) is 0 Å². The molecule has 0 bridgehead atoms. The number of unbranched alkanes of at least 4 members (excludes halogenated alkanes) is 11. The lowest BCUT2D eigenvalue weighted by Gasteiger charge is -2.04. The van der Waals surface area contributed by atoms with Crippen molar-refractivity contribution < 1.29 is 9.90 Å². The minimum Gasteiger partial charge on any atom is -0.478 e. The zero-order valence-corrected chi connectivity index (χ0v) is 16.0. The Labute approximate surface area is 154 Å². The third kappa shape index (κ3) is 12.4. The van der Waals surface area contributed by atoms with Crippen LogP contribution < -0.4 is 0 Å². The van der Waals surface area contributed by atoms with Crippen molar-refractivity contribution in [2.45, 2.75) is 90.4 Å². The van der Waals surface area contributed by atoms with Crippen molar-refractivity contribution in [1.82, 2.24) is 0 Å². The van der Waals surface area contributed by atoms with Gasteiger partial charge in [0.25, 0.3) is 0 Å². The van der Waals surface area contributed by atoms with E-state index >= 15 is 0 Å². The highest BCUT2D eigenvalue weighted by Gasteiger charge is 1.97. The zero-order chi connectivity index (χ0) is 18.2. The molecule has 2 nitrogen and oxygen atoms in total. The average Bonchev–Trinajstić information content (AvgIpc) is 2.61. The second kappa shape index (κ2) is 14.7. The van der Waals surface area contributed by atoms with Gasteiger partial charge in [-0.2, -0.15) is 0 Å². The van der Waals surface area contributed by atoms with Crippen molar-refractivity contribution in [3.63, 3.8) is 0 Å². The van der Waals surface area contributed by atoms with Crippen LogP contribution in [0.1, 0.15) is 95.1 Å². The van der Waals surface area contributed by atoms with E-state index in [0.29, 0.717) is 0 Å². The highest BCUT2D eigenvalue weighted by Crippen LogP contribution is 2.14. The van der Waals surface area contributed by atoms with Crippen molar-refractivity contribution in [3.05, 3.63) is 41.5 Å². The Morgan fingerprint density at radius 3 is 2.00 bits per heavy atom. The van der Waals surface area contributed by atoms with Crippen molar-refractivity contribution in [2.75, 3.05) is 0 Å². The molecule has 0 aliphatic carbocycles. The molecule has 0 heterocycles. The van der Waals surface area contributed by atoms with E-state index in [1.54, 1.807) is 6.08 Å². The van der Waals surface area contributed by atoms with Crippen LogP contribution in [0.5, 0.6) is 0 Å². The first kappa shape index (κ1) is 21.5.